The second kappa shape index (κ2) is 10.4. The minimum absolute atomic E-state index is 0.0272. The van der Waals surface area contributed by atoms with Gasteiger partial charge in [0.25, 0.3) is 11.7 Å². The molecule has 1 amide bonds. The van der Waals surface area contributed by atoms with Crippen LogP contribution in [0.15, 0.2) is 54.4 Å². The number of carbonyl (C=O) groups is 2. The summed E-state index contributed by atoms with van der Waals surface area (Å²) < 4.78 is 5.66. The molecule has 0 aliphatic carbocycles. The number of hydrogen-bond donors (Lipinski definition) is 2. The van der Waals surface area contributed by atoms with Crippen molar-refractivity contribution in [2.45, 2.75) is 39.8 Å². The molecule has 2 heterocycles. The van der Waals surface area contributed by atoms with Crippen LogP contribution in [0.25, 0.3) is 5.76 Å². The Hall–Kier alpha value is -3.19. The van der Waals surface area contributed by atoms with Gasteiger partial charge in [0, 0.05) is 18.0 Å². The second-order valence-corrected chi connectivity index (χ2v) is 8.17. The summed E-state index contributed by atoms with van der Waals surface area (Å²) in [5, 5.41) is 11.1. The molecule has 0 bridgehead atoms. The number of benzene rings is 1. The first-order valence-electron chi connectivity index (χ1n) is 11.2. The number of hydrogen-bond acceptors (Lipinski definition) is 5. The van der Waals surface area contributed by atoms with Crippen molar-refractivity contribution in [3.05, 3.63) is 65.5 Å². The molecule has 1 aromatic carbocycles. The number of ether oxygens (including phenoxy) is 1. The molecule has 1 aliphatic heterocycles. The van der Waals surface area contributed by atoms with Crippen LogP contribution in [-0.4, -0.2) is 59.0 Å². The first-order valence-corrected chi connectivity index (χ1v) is 11.2. The fourth-order valence-electron chi connectivity index (χ4n) is 4.00. The number of quaternary nitrogens is 1. The lowest BCUT2D eigenvalue weighted by atomic mass is 9.96. The third kappa shape index (κ3) is 4.99. The van der Waals surface area contributed by atoms with Gasteiger partial charge < -0.3 is 19.6 Å². The molecule has 0 radical (unpaired) electrons. The van der Waals surface area contributed by atoms with Crippen LogP contribution in [0.4, 0.5) is 0 Å². The van der Waals surface area contributed by atoms with Crippen LogP contribution in [-0.2, 0) is 9.59 Å². The number of aliphatic hydroxyl groups is 1. The zero-order chi connectivity index (χ0) is 23.3. The number of pyridine rings is 1. The van der Waals surface area contributed by atoms with Crippen LogP contribution in [0, 0.1) is 0 Å². The van der Waals surface area contributed by atoms with Gasteiger partial charge in [-0.3, -0.25) is 14.6 Å². The van der Waals surface area contributed by atoms with Gasteiger partial charge in [0.05, 0.1) is 43.9 Å². The van der Waals surface area contributed by atoms with Crippen LogP contribution in [0.1, 0.15) is 44.9 Å². The highest BCUT2D eigenvalue weighted by Crippen LogP contribution is 2.39. The van der Waals surface area contributed by atoms with Gasteiger partial charge >= 0.3 is 0 Å². The maximum atomic E-state index is 13.1. The van der Waals surface area contributed by atoms with E-state index in [0.717, 1.165) is 25.2 Å². The van der Waals surface area contributed by atoms with Gasteiger partial charge in [0.15, 0.2) is 0 Å². The van der Waals surface area contributed by atoms with Gasteiger partial charge in [0.2, 0.25) is 0 Å². The predicted molar refractivity (Wildman–Crippen MR) is 122 cm³/mol. The number of nitrogens with one attached hydrogen (secondary N) is 1. The quantitative estimate of drug-likeness (QED) is 0.356. The number of nitrogens with zero attached hydrogens (tertiary/aromatic N) is 2. The number of likely N-dealkylation sites (tertiary alicyclic amines) is 1. The summed E-state index contributed by atoms with van der Waals surface area (Å²) in [6.07, 6.45) is 3.28. The monoisotopic (exact) mass is 438 g/mol. The zero-order valence-electron chi connectivity index (χ0n) is 19.2. The Morgan fingerprint density at radius 1 is 1.09 bits per heavy atom. The third-order valence-corrected chi connectivity index (χ3v) is 5.77. The number of carbonyl (C=O) groups excluding carboxylic acids is 2. The molecule has 0 saturated carbocycles. The second-order valence-electron chi connectivity index (χ2n) is 8.17. The van der Waals surface area contributed by atoms with Crippen LogP contribution < -0.4 is 9.64 Å². The molecule has 1 saturated heterocycles. The normalized spacial score (nSPS) is 18.1. The highest BCUT2D eigenvalue weighted by molar-refractivity contribution is 6.46. The van der Waals surface area contributed by atoms with E-state index in [1.54, 1.807) is 53.7 Å². The van der Waals surface area contributed by atoms with Crippen LogP contribution in [0.3, 0.4) is 0 Å². The van der Waals surface area contributed by atoms with Crippen molar-refractivity contribution < 1.29 is 24.3 Å². The summed E-state index contributed by atoms with van der Waals surface area (Å²) >= 11 is 0. The fourth-order valence-corrected chi connectivity index (χ4v) is 4.00. The molecule has 1 atom stereocenters. The minimum Gasteiger partial charge on any atom is -0.507 e. The highest BCUT2D eigenvalue weighted by atomic mass is 16.5. The number of likely N-dealkylation sites (N-methyl/N-ethyl adjacent to an activating group) is 1. The molecule has 0 unspecified atom stereocenters. The van der Waals surface area contributed by atoms with Crippen molar-refractivity contribution in [1.29, 1.82) is 0 Å². The van der Waals surface area contributed by atoms with E-state index in [2.05, 4.69) is 18.8 Å². The molecular formula is C25H32N3O4+. The summed E-state index contributed by atoms with van der Waals surface area (Å²) in [6.45, 7) is 11.1. The van der Waals surface area contributed by atoms with Crippen molar-refractivity contribution in [3.63, 3.8) is 0 Å². The molecule has 32 heavy (non-hydrogen) atoms. The molecular weight excluding hydrogens is 406 g/mol. The van der Waals surface area contributed by atoms with Crippen LogP contribution >= 0.6 is 0 Å². The van der Waals surface area contributed by atoms with Crippen molar-refractivity contribution >= 4 is 17.4 Å². The lowest BCUT2D eigenvalue weighted by molar-refractivity contribution is -0.895. The van der Waals surface area contributed by atoms with Crippen molar-refractivity contribution in [3.8, 4) is 5.75 Å². The van der Waals surface area contributed by atoms with Gasteiger partial charge in [-0.15, -0.1) is 0 Å². The summed E-state index contributed by atoms with van der Waals surface area (Å²) in [7, 11) is 0. The maximum absolute atomic E-state index is 13.1. The molecule has 2 N–H and O–H groups in total. The largest absolute Gasteiger partial charge is 0.507 e. The summed E-state index contributed by atoms with van der Waals surface area (Å²) in [6, 6.07) is 9.79. The van der Waals surface area contributed by atoms with Crippen molar-refractivity contribution in [1.82, 2.24) is 9.88 Å². The first kappa shape index (κ1) is 23.5. The number of aliphatic hydroxyl groups excluding tert-OH is 1. The Morgan fingerprint density at radius 3 is 2.28 bits per heavy atom. The van der Waals surface area contributed by atoms with Gasteiger partial charge in [-0.05, 0) is 69.7 Å². The van der Waals surface area contributed by atoms with E-state index in [1.807, 2.05) is 13.8 Å². The molecule has 1 aromatic heterocycles. The third-order valence-electron chi connectivity index (χ3n) is 5.77. The predicted octanol–water partition coefficient (Wildman–Crippen LogP) is 2.22. The van der Waals surface area contributed by atoms with E-state index in [1.165, 1.54) is 4.90 Å². The average Bonchev–Trinajstić information content (AvgIpc) is 3.05. The Labute approximate surface area is 189 Å². The first-order chi connectivity index (χ1) is 15.4. The van der Waals surface area contributed by atoms with Gasteiger partial charge in [-0.25, -0.2) is 0 Å². The Kier molecular flexibility index (Phi) is 7.64. The lowest BCUT2D eigenvalue weighted by Crippen LogP contribution is -3.12. The van der Waals surface area contributed by atoms with E-state index in [0.29, 0.717) is 17.9 Å². The number of amides is 1. The molecule has 2 aromatic rings. The van der Waals surface area contributed by atoms with Gasteiger partial charge in [-0.2, -0.15) is 0 Å². The summed E-state index contributed by atoms with van der Waals surface area (Å²) in [4.78, 5) is 33.0. The van der Waals surface area contributed by atoms with E-state index < -0.39 is 17.7 Å². The number of Topliss-reactive ketones (excluding diaryl/α,β-unsaturated/α-hetero) is 1. The summed E-state index contributed by atoms with van der Waals surface area (Å²) in [5.41, 5.74) is 1.32. The van der Waals surface area contributed by atoms with Gasteiger partial charge in [-0.1, -0.05) is 0 Å². The smallest absolute Gasteiger partial charge is 0.295 e. The number of aromatic nitrogens is 1. The van der Waals surface area contributed by atoms with E-state index in [-0.39, 0.29) is 17.4 Å². The maximum Gasteiger partial charge on any atom is 0.295 e. The van der Waals surface area contributed by atoms with E-state index >= 15 is 0 Å². The lowest BCUT2D eigenvalue weighted by Gasteiger charge is -2.26. The number of rotatable bonds is 9. The van der Waals surface area contributed by atoms with Crippen LogP contribution in [0.5, 0.6) is 5.75 Å². The van der Waals surface area contributed by atoms with Crippen molar-refractivity contribution in [2.24, 2.45) is 0 Å². The Morgan fingerprint density at radius 2 is 1.72 bits per heavy atom. The van der Waals surface area contributed by atoms with Crippen LogP contribution in [0.2, 0.25) is 0 Å². The molecule has 170 valence electrons. The average molecular weight is 439 g/mol. The fraction of sp³-hybridized carbons (Fsp3) is 0.400. The Bertz CT molecular complexity index is 966. The molecule has 1 fully saturated rings. The molecule has 7 nitrogen and oxygen atoms in total. The molecule has 1 aliphatic rings. The zero-order valence-corrected chi connectivity index (χ0v) is 19.2. The Balaban J connectivity index is 2.02. The van der Waals surface area contributed by atoms with E-state index in [9.17, 15) is 14.7 Å². The molecule has 3 rings (SSSR count). The molecule has 7 heteroatoms. The standard InChI is InChI=1S/C25H31N3O4/c1-5-27(6-2)15-16-28-22(18-11-13-26-14-12-18)21(24(30)25(28)31)23(29)19-7-9-20(10-8-19)32-17(3)4/h7-14,17,22,29H,5-6,15-16H2,1-4H3/p+1/b23-21-/t22-/m0/s1. The molecule has 0 spiro atoms. The topological polar surface area (TPSA) is 84.2 Å². The van der Waals surface area contributed by atoms with Crippen molar-refractivity contribution in [2.75, 3.05) is 26.2 Å². The summed E-state index contributed by atoms with van der Waals surface area (Å²) in [5.74, 6) is -0.759. The minimum atomic E-state index is -0.665. The van der Waals surface area contributed by atoms with Gasteiger partial charge in [0.1, 0.15) is 11.5 Å². The number of ketones is 1. The van der Waals surface area contributed by atoms with E-state index in [4.69, 9.17) is 4.74 Å². The SMILES string of the molecule is CC[NH+](CC)CCN1C(=O)C(=O)/C(=C(\O)c2ccc(OC(C)C)cc2)[C@@H]1c1ccncc1. The highest BCUT2D eigenvalue weighted by Gasteiger charge is 2.46.